The minimum atomic E-state index is -3.93. The number of carbonyl (C=O) groups is 1. The molecule has 9 heteroatoms. The molecule has 5 nitrogen and oxygen atoms in total. The Morgan fingerprint density at radius 2 is 1.88 bits per heavy atom. The van der Waals surface area contributed by atoms with Gasteiger partial charge in [0.1, 0.15) is 18.1 Å². The van der Waals surface area contributed by atoms with Gasteiger partial charge in [0.25, 0.3) is 0 Å². The quantitative estimate of drug-likeness (QED) is 0.532. The van der Waals surface area contributed by atoms with Crippen molar-refractivity contribution in [3.8, 4) is 5.75 Å². The van der Waals surface area contributed by atoms with E-state index in [1.165, 1.54) is 19.2 Å². The third-order valence-electron chi connectivity index (χ3n) is 2.99. The lowest BCUT2D eigenvalue weighted by Gasteiger charge is -2.16. The lowest BCUT2D eigenvalue weighted by atomic mass is 10.3. The molecular weight excluding hydrogens is 425 g/mol. The van der Waals surface area contributed by atoms with Gasteiger partial charge in [-0.05, 0) is 58.4 Å². The molecule has 24 heavy (non-hydrogen) atoms. The first-order chi connectivity index (χ1) is 11.2. The van der Waals surface area contributed by atoms with E-state index < -0.39 is 28.4 Å². The molecule has 0 spiro atoms. The highest BCUT2D eigenvalue weighted by Crippen LogP contribution is 2.28. The molecule has 0 N–H and O–H groups in total. The van der Waals surface area contributed by atoms with E-state index in [4.69, 9.17) is 16.3 Å². The molecular formula is C15H12BrClFNO4S. The first-order valence-corrected chi connectivity index (χ1v) is 9.19. The first-order valence-electron chi connectivity index (χ1n) is 6.58. The molecule has 0 radical (unpaired) electrons. The molecule has 0 saturated carbocycles. The van der Waals surface area contributed by atoms with E-state index in [-0.39, 0.29) is 10.6 Å². The van der Waals surface area contributed by atoms with E-state index in [2.05, 4.69) is 15.9 Å². The molecule has 2 aromatic carbocycles. The lowest BCUT2D eigenvalue weighted by Crippen LogP contribution is -2.34. The van der Waals surface area contributed by atoms with Crippen LogP contribution in [0.2, 0.25) is 5.02 Å². The van der Waals surface area contributed by atoms with E-state index >= 15 is 0 Å². The summed E-state index contributed by atoms with van der Waals surface area (Å²) in [6.45, 7) is -0.505. The molecule has 0 unspecified atom stereocenters. The Balaban J connectivity index is 2.09. The van der Waals surface area contributed by atoms with Crippen molar-refractivity contribution in [1.82, 2.24) is 4.31 Å². The molecule has 0 aliphatic heterocycles. The van der Waals surface area contributed by atoms with Gasteiger partial charge in [-0.2, -0.15) is 4.31 Å². The molecule has 2 rings (SSSR count). The molecule has 2 aromatic rings. The zero-order valence-corrected chi connectivity index (χ0v) is 15.5. The molecule has 128 valence electrons. The number of sulfonamides is 1. The molecule has 0 fully saturated rings. The van der Waals surface area contributed by atoms with Gasteiger partial charge in [0.05, 0.1) is 9.37 Å². The number of benzene rings is 2. The number of hydrogen-bond donors (Lipinski definition) is 0. The van der Waals surface area contributed by atoms with Crippen LogP contribution in [0.3, 0.4) is 0 Å². The summed E-state index contributed by atoms with van der Waals surface area (Å²) in [6.07, 6.45) is 0. The third kappa shape index (κ3) is 4.54. The Morgan fingerprint density at radius 1 is 1.25 bits per heavy atom. The highest BCUT2D eigenvalue weighted by molar-refractivity contribution is 9.10. The highest BCUT2D eigenvalue weighted by atomic mass is 79.9. The largest absolute Gasteiger partial charge is 0.424 e. The van der Waals surface area contributed by atoms with Crippen molar-refractivity contribution in [2.45, 2.75) is 4.90 Å². The van der Waals surface area contributed by atoms with E-state index in [9.17, 15) is 17.6 Å². The summed E-state index contributed by atoms with van der Waals surface area (Å²) in [4.78, 5) is 11.8. The Labute approximate surface area is 152 Å². The van der Waals surface area contributed by atoms with Crippen molar-refractivity contribution < 1.29 is 22.3 Å². The van der Waals surface area contributed by atoms with Crippen LogP contribution in [-0.2, 0) is 14.8 Å². The molecule has 0 heterocycles. The highest BCUT2D eigenvalue weighted by Gasteiger charge is 2.24. The minimum absolute atomic E-state index is 0.119. The fourth-order valence-corrected chi connectivity index (χ4v) is 3.65. The van der Waals surface area contributed by atoms with Gasteiger partial charge in [0.2, 0.25) is 10.0 Å². The Morgan fingerprint density at radius 3 is 2.46 bits per heavy atom. The van der Waals surface area contributed by atoms with Gasteiger partial charge in [0.15, 0.2) is 0 Å². The SMILES string of the molecule is CN(CC(=O)Oc1ccc(Cl)cc1Br)S(=O)(=O)c1ccc(F)cc1. The van der Waals surface area contributed by atoms with Crippen molar-refractivity contribution in [1.29, 1.82) is 0 Å². The molecule has 0 aliphatic carbocycles. The first kappa shape index (κ1) is 18.9. The second-order valence-corrected chi connectivity index (χ2v) is 8.10. The number of hydrogen-bond acceptors (Lipinski definition) is 4. The topological polar surface area (TPSA) is 63.7 Å². The van der Waals surface area contributed by atoms with Crippen molar-refractivity contribution in [3.63, 3.8) is 0 Å². The van der Waals surface area contributed by atoms with Crippen LogP contribution < -0.4 is 4.74 Å². The van der Waals surface area contributed by atoms with Gasteiger partial charge in [-0.15, -0.1) is 0 Å². The number of halogens is 3. The fourth-order valence-electron chi connectivity index (χ4n) is 1.77. The third-order valence-corrected chi connectivity index (χ3v) is 5.66. The van der Waals surface area contributed by atoms with Crippen LogP contribution in [0.1, 0.15) is 0 Å². The van der Waals surface area contributed by atoms with Gasteiger partial charge in [0, 0.05) is 12.1 Å². The summed E-state index contributed by atoms with van der Waals surface area (Å²) in [5.41, 5.74) is 0. The maximum absolute atomic E-state index is 12.9. The van der Waals surface area contributed by atoms with Crippen LogP contribution in [-0.4, -0.2) is 32.3 Å². The zero-order valence-electron chi connectivity index (χ0n) is 12.4. The summed E-state index contributed by atoms with van der Waals surface area (Å²) in [5.74, 6) is -1.10. The molecule has 0 aromatic heterocycles. The van der Waals surface area contributed by atoms with Crippen LogP contribution in [0, 0.1) is 5.82 Å². The number of ether oxygens (including phenoxy) is 1. The van der Waals surface area contributed by atoms with Crippen molar-refractivity contribution in [2.24, 2.45) is 0 Å². The van der Waals surface area contributed by atoms with E-state index in [0.717, 1.165) is 28.6 Å². The van der Waals surface area contributed by atoms with E-state index in [1.54, 1.807) is 6.07 Å². The maximum atomic E-state index is 12.9. The van der Waals surface area contributed by atoms with Gasteiger partial charge in [-0.25, -0.2) is 12.8 Å². The summed E-state index contributed by atoms with van der Waals surface area (Å²) in [5, 5.41) is 0.456. The number of likely N-dealkylation sites (N-methyl/N-ethyl adjacent to an activating group) is 1. The van der Waals surface area contributed by atoms with Crippen LogP contribution in [0.5, 0.6) is 5.75 Å². The Bertz CT molecular complexity index is 858. The molecule has 0 bridgehead atoms. The molecule has 0 aliphatic rings. The summed E-state index contributed by atoms with van der Waals surface area (Å²) < 4.78 is 43.9. The maximum Gasteiger partial charge on any atom is 0.326 e. The van der Waals surface area contributed by atoms with E-state index in [1.807, 2.05) is 0 Å². The average Bonchev–Trinajstić information content (AvgIpc) is 2.50. The zero-order chi connectivity index (χ0) is 17.9. The number of esters is 1. The normalized spacial score (nSPS) is 11.5. The number of rotatable bonds is 5. The van der Waals surface area contributed by atoms with Crippen molar-refractivity contribution in [2.75, 3.05) is 13.6 Å². The van der Waals surface area contributed by atoms with Crippen LogP contribution >= 0.6 is 27.5 Å². The smallest absolute Gasteiger partial charge is 0.326 e. The van der Waals surface area contributed by atoms with Crippen molar-refractivity contribution in [3.05, 3.63) is 57.8 Å². The predicted octanol–water partition coefficient (Wildman–Crippen LogP) is 3.47. The van der Waals surface area contributed by atoms with Gasteiger partial charge in [-0.3, -0.25) is 4.79 Å². The van der Waals surface area contributed by atoms with E-state index in [0.29, 0.717) is 9.50 Å². The second kappa shape index (κ2) is 7.60. The van der Waals surface area contributed by atoms with Crippen LogP contribution in [0.4, 0.5) is 4.39 Å². The van der Waals surface area contributed by atoms with Crippen molar-refractivity contribution >= 4 is 43.5 Å². The summed E-state index contributed by atoms with van der Waals surface area (Å²) in [6, 6.07) is 8.88. The fraction of sp³-hybridized carbons (Fsp3) is 0.133. The van der Waals surface area contributed by atoms with Gasteiger partial charge in [-0.1, -0.05) is 11.6 Å². The molecule has 0 amide bonds. The Kier molecular flexibility index (Phi) is 5.97. The van der Waals surface area contributed by atoms with Crippen LogP contribution in [0.25, 0.3) is 0 Å². The van der Waals surface area contributed by atoms with Crippen LogP contribution in [0.15, 0.2) is 51.8 Å². The summed E-state index contributed by atoms with van der Waals surface area (Å²) >= 11 is 8.99. The van der Waals surface area contributed by atoms with Gasteiger partial charge >= 0.3 is 5.97 Å². The lowest BCUT2D eigenvalue weighted by molar-refractivity contribution is -0.134. The molecule has 0 atom stereocenters. The Hall–Kier alpha value is -1.48. The van der Waals surface area contributed by atoms with Gasteiger partial charge < -0.3 is 4.74 Å². The predicted molar refractivity (Wildman–Crippen MR) is 91.0 cm³/mol. The standard InChI is InChI=1S/C15H12BrClFNO4S/c1-19(24(21,22)12-5-3-11(18)4-6-12)9-15(20)23-14-7-2-10(17)8-13(14)16/h2-8H,9H2,1H3. The monoisotopic (exact) mass is 435 g/mol. The summed E-state index contributed by atoms with van der Waals surface area (Å²) in [7, 11) is -2.69. The number of nitrogens with zero attached hydrogens (tertiary/aromatic N) is 1. The minimum Gasteiger partial charge on any atom is -0.424 e. The second-order valence-electron chi connectivity index (χ2n) is 4.76. The number of carbonyl (C=O) groups excluding carboxylic acids is 1. The molecule has 0 saturated heterocycles. The average molecular weight is 437 g/mol.